The number of anilines is 1. The van der Waals surface area contributed by atoms with E-state index in [1.165, 1.54) is 5.56 Å². The fourth-order valence-electron chi connectivity index (χ4n) is 2.27. The zero-order valence-corrected chi connectivity index (χ0v) is 13.6. The third-order valence-electron chi connectivity index (χ3n) is 3.49. The number of aromatic nitrogens is 1. The molecule has 0 aliphatic rings. The zero-order chi connectivity index (χ0) is 16.1. The van der Waals surface area contributed by atoms with E-state index in [0.717, 1.165) is 29.1 Å². The number of nitrogens with one attached hydrogen (secondary N) is 2. The van der Waals surface area contributed by atoms with Crippen molar-refractivity contribution in [2.45, 2.75) is 40.3 Å². The minimum atomic E-state index is -0.0258. The highest BCUT2D eigenvalue weighted by Crippen LogP contribution is 2.17. The summed E-state index contributed by atoms with van der Waals surface area (Å²) in [7, 11) is 0. The molecule has 0 bridgehead atoms. The molecular formula is C18H23N3O. The summed E-state index contributed by atoms with van der Waals surface area (Å²) in [4.78, 5) is 16.4. The standard InChI is InChI=1S/C18H23N3O/c1-12(2)21-18(22)17-8-7-16(10-13(17)3)20-11-15-6-5-9-19-14(15)4/h5-10,12,20H,11H2,1-4H3,(H,21,22). The van der Waals surface area contributed by atoms with Gasteiger partial charge in [-0.3, -0.25) is 9.78 Å². The van der Waals surface area contributed by atoms with Crippen LogP contribution in [0.15, 0.2) is 36.5 Å². The van der Waals surface area contributed by atoms with Crippen molar-refractivity contribution in [3.63, 3.8) is 0 Å². The lowest BCUT2D eigenvalue weighted by Crippen LogP contribution is -2.30. The van der Waals surface area contributed by atoms with Gasteiger partial charge in [0.1, 0.15) is 0 Å². The lowest BCUT2D eigenvalue weighted by Gasteiger charge is -2.13. The third-order valence-corrected chi connectivity index (χ3v) is 3.49. The molecule has 4 heteroatoms. The maximum absolute atomic E-state index is 12.1. The smallest absolute Gasteiger partial charge is 0.251 e. The minimum Gasteiger partial charge on any atom is -0.381 e. The number of aryl methyl sites for hydroxylation is 2. The fraction of sp³-hybridized carbons (Fsp3) is 0.333. The molecule has 1 amide bonds. The SMILES string of the molecule is Cc1cc(NCc2cccnc2C)ccc1C(=O)NC(C)C. The van der Waals surface area contributed by atoms with Crippen LogP contribution in [0.4, 0.5) is 5.69 Å². The molecule has 1 heterocycles. The number of carbonyl (C=O) groups is 1. The molecule has 0 spiro atoms. The Hall–Kier alpha value is -2.36. The first-order valence-electron chi connectivity index (χ1n) is 7.53. The average Bonchev–Trinajstić information content (AvgIpc) is 2.45. The molecule has 2 aromatic rings. The summed E-state index contributed by atoms with van der Waals surface area (Å²) >= 11 is 0. The highest BCUT2D eigenvalue weighted by Gasteiger charge is 2.10. The number of rotatable bonds is 5. The molecule has 1 aromatic carbocycles. The molecule has 116 valence electrons. The van der Waals surface area contributed by atoms with Gasteiger partial charge < -0.3 is 10.6 Å². The van der Waals surface area contributed by atoms with Crippen LogP contribution in [0.3, 0.4) is 0 Å². The number of hydrogen-bond acceptors (Lipinski definition) is 3. The maximum atomic E-state index is 12.1. The quantitative estimate of drug-likeness (QED) is 0.888. The van der Waals surface area contributed by atoms with Crippen LogP contribution >= 0.6 is 0 Å². The van der Waals surface area contributed by atoms with Crippen molar-refractivity contribution in [1.82, 2.24) is 10.3 Å². The molecular weight excluding hydrogens is 274 g/mol. The Morgan fingerprint density at radius 2 is 2.00 bits per heavy atom. The molecule has 0 aliphatic carbocycles. The Balaban J connectivity index is 2.06. The van der Waals surface area contributed by atoms with E-state index in [0.29, 0.717) is 0 Å². The molecule has 0 aliphatic heterocycles. The van der Waals surface area contributed by atoms with Gasteiger partial charge in [-0.2, -0.15) is 0 Å². The highest BCUT2D eigenvalue weighted by molar-refractivity contribution is 5.96. The number of pyridine rings is 1. The number of hydrogen-bond donors (Lipinski definition) is 2. The van der Waals surface area contributed by atoms with Crippen molar-refractivity contribution in [3.8, 4) is 0 Å². The van der Waals surface area contributed by atoms with Crippen LogP contribution in [-0.2, 0) is 6.54 Å². The second kappa shape index (κ2) is 7.07. The number of nitrogens with zero attached hydrogens (tertiary/aromatic N) is 1. The topological polar surface area (TPSA) is 54.0 Å². The Labute approximate surface area is 132 Å². The van der Waals surface area contributed by atoms with Crippen LogP contribution in [0.5, 0.6) is 0 Å². The van der Waals surface area contributed by atoms with E-state index < -0.39 is 0 Å². The molecule has 0 atom stereocenters. The van der Waals surface area contributed by atoms with Gasteiger partial charge in [-0.15, -0.1) is 0 Å². The van der Waals surface area contributed by atoms with Crippen molar-refractivity contribution in [3.05, 3.63) is 58.9 Å². The third kappa shape index (κ3) is 4.07. The predicted octanol–water partition coefficient (Wildman–Crippen LogP) is 3.45. The van der Waals surface area contributed by atoms with Crippen LogP contribution in [0.2, 0.25) is 0 Å². The van der Waals surface area contributed by atoms with E-state index in [-0.39, 0.29) is 11.9 Å². The summed E-state index contributed by atoms with van der Waals surface area (Å²) in [5.74, 6) is -0.0258. The summed E-state index contributed by atoms with van der Waals surface area (Å²) in [6.45, 7) is 8.59. The van der Waals surface area contributed by atoms with E-state index in [1.54, 1.807) is 6.20 Å². The predicted molar refractivity (Wildman–Crippen MR) is 90.1 cm³/mol. The van der Waals surface area contributed by atoms with Gasteiger partial charge in [0.25, 0.3) is 5.91 Å². The molecule has 2 N–H and O–H groups in total. The van der Waals surface area contributed by atoms with Gasteiger partial charge in [0.15, 0.2) is 0 Å². The van der Waals surface area contributed by atoms with Crippen LogP contribution in [0.1, 0.15) is 41.0 Å². The summed E-state index contributed by atoms with van der Waals surface area (Å²) in [5.41, 5.74) is 4.88. The van der Waals surface area contributed by atoms with Crippen molar-refractivity contribution in [1.29, 1.82) is 0 Å². The van der Waals surface area contributed by atoms with Gasteiger partial charge in [0.2, 0.25) is 0 Å². The molecule has 0 saturated heterocycles. The second-order valence-corrected chi connectivity index (χ2v) is 5.76. The Morgan fingerprint density at radius 3 is 2.64 bits per heavy atom. The molecule has 4 nitrogen and oxygen atoms in total. The molecule has 0 unspecified atom stereocenters. The van der Waals surface area contributed by atoms with E-state index in [1.807, 2.05) is 52.0 Å². The van der Waals surface area contributed by atoms with Crippen LogP contribution in [0, 0.1) is 13.8 Å². The number of benzene rings is 1. The van der Waals surface area contributed by atoms with Gasteiger partial charge in [0.05, 0.1) is 0 Å². The monoisotopic (exact) mass is 297 g/mol. The first-order chi connectivity index (χ1) is 10.5. The largest absolute Gasteiger partial charge is 0.381 e. The van der Waals surface area contributed by atoms with Gasteiger partial charge >= 0.3 is 0 Å². The zero-order valence-electron chi connectivity index (χ0n) is 13.6. The lowest BCUT2D eigenvalue weighted by atomic mass is 10.1. The number of carbonyl (C=O) groups excluding carboxylic acids is 1. The van der Waals surface area contributed by atoms with Gasteiger partial charge in [-0.1, -0.05) is 6.07 Å². The van der Waals surface area contributed by atoms with Gasteiger partial charge in [-0.25, -0.2) is 0 Å². The van der Waals surface area contributed by atoms with E-state index >= 15 is 0 Å². The highest BCUT2D eigenvalue weighted by atomic mass is 16.1. The molecule has 0 radical (unpaired) electrons. The summed E-state index contributed by atoms with van der Waals surface area (Å²) in [6.07, 6.45) is 1.80. The lowest BCUT2D eigenvalue weighted by molar-refractivity contribution is 0.0942. The molecule has 1 aromatic heterocycles. The Bertz CT molecular complexity index is 665. The van der Waals surface area contributed by atoms with E-state index in [2.05, 4.69) is 21.7 Å². The van der Waals surface area contributed by atoms with Crippen molar-refractivity contribution in [2.75, 3.05) is 5.32 Å². The summed E-state index contributed by atoms with van der Waals surface area (Å²) < 4.78 is 0. The average molecular weight is 297 g/mol. The van der Waals surface area contributed by atoms with Crippen molar-refractivity contribution in [2.24, 2.45) is 0 Å². The Kier molecular flexibility index (Phi) is 5.15. The fourth-order valence-corrected chi connectivity index (χ4v) is 2.27. The first-order valence-corrected chi connectivity index (χ1v) is 7.53. The molecule has 2 rings (SSSR count). The summed E-state index contributed by atoms with van der Waals surface area (Å²) in [6, 6.07) is 9.94. The minimum absolute atomic E-state index is 0.0258. The van der Waals surface area contributed by atoms with Crippen molar-refractivity contribution < 1.29 is 4.79 Å². The summed E-state index contributed by atoms with van der Waals surface area (Å²) in [5, 5.41) is 6.29. The first kappa shape index (κ1) is 16.0. The molecule has 22 heavy (non-hydrogen) atoms. The van der Waals surface area contributed by atoms with Crippen LogP contribution in [0.25, 0.3) is 0 Å². The van der Waals surface area contributed by atoms with E-state index in [4.69, 9.17) is 0 Å². The maximum Gasteiger partial charge on any atom is 0.251 e. The van der Waals surface area contributed by atoms with Crippen LogP contribution < -0.4 is 10.6 Å². The van der Waals surface area contributed by atoms with Crippen molar-refractivity contribution >= 4 is 11.6 Å². The Morgan fingerprint density at radius 1 is 1.23 bits per heavy atom. The van der Waals surface area contributed by atoms with Gasteiger partial charge in [-0.05, 0) is 63.1 Å². The molecule has 0 fully saturated rings. The second-order valence-electron chi connectivity index (χ2n) is 5.76. The van der Waals surface area contributed by atoms with Gasteiger partial charge in [0, 0.05) is 35.7 Å². The molecule has 0 saturated carbocycles. The van der Waals surface area contributed by atoms with E-state index in [9.17, 15) is 4.79 Å². The number of amides is 1. The van der Waals surface area contributed by atoms with Crippen LogP contribution in [-0.4, -0.2) is 16.9 Å². The normalized spacial score (nSPS) is 10.6.